The van der Waals surface area contributed by atoms with Crippen molar-refractivity contribution >= 4 is 22.4 Å². The van der Waals surface area contributed by atoms with Crippen LogP contribution in [0.1, 0.15) is 23.2 Å². The van der Waals surface area contributed by atoms with Gasteiger partial charge < -0.3 is 4.98 Å². The third kappa shape index (κ3) is 1.60. The van der Waals surface area contributed by atoms with Crippen LogP contribution in [-0.4, -0.2) is 15.7 Å². The summed E-state index contributed by atoms with van der Waals surface area (Å²) in [5.41, 5.74) is 1.32. The zero-order chi connectivity index (χ0) is 12.0. The molecule has 1 aliphatic carbocycles. The lowest BCUT2D eigenvalue weighted by Crippen LogP contribution is -1.99. The van der Waals surface area contributed by atoms with Gasteiger partial charge in [-0.05, 0) is 18.9 Å². The number of H-pyrrole nitrogens is 1. The maximum absolute atomic E-state index is 11.9. The molecular formula is C12H10N2O3. The first-order valence-corrected chi connectivity index (χ1v) is 5.46. The summed E-state index contributed by atoms with van der Waals surface area (Å²) in [4.78, 5) is 25.1. The lowest BCUT2D eigenvalue weighted by atomic mass is 10.1. The number of aromatic amines is 1. The number of hydrogen-bond donors (Lipinski definition) is 1. The second-order valence-electron chi connectivity index (χ2n) is 4.33. The van der Waals surface area contributed by atoms with Crippen molar-refractivity contribution in [3.05, 3.63) is 40.1 Å². The molecule has 0 aliphatic heterocycles. The minimum Gasteiger partial charge on any atom is -0.360 e. The van der Waals surface area contributed by atoms with Gasteiger partial charge in [0.05, 0.1) is 10.4 Å². The highest BCUT2D eigenvalue weighted by atomic mass is 16.6. The predicted octanol–water partition coefficient (Wildman–Crippen LogP) is 2.67. The van der Waals surface area contributed by atoms with Crippen LogP contribution >= 0.6 is 0 Å². The van der Waals surface area contributed by atoms with E-state index in [0.29, 0.717) is 11.1 Å². The number of Topliss-reactive ketones (excluding diaryl/α,β-unsaturated/α-hetero) is 1. The van der Waals surface area contributed by atoms with Gasteiger partial charge in [0.1, 0.15) is 0 Å². The van der Waals surface area contributed by atoms with E-state index in [9.17, 15) is 14.9 Å². The van der Waals surface area contributed by atoms with E-state index in [0.717, 1.165) is 18.2 Å². The van der Waals surface area contributed by atoms with E-state index in [-0.39, 0.29) is 17.4 Å². The fourth-order valence-electron chi connectivity index (χ4n) is 2.00. The Balaban J connectivity index is 2.10. The van der Waals surface area contributed by atoms with Crippen LogP contribution in [0, 0.1) is 16.0 Å². The van der Waals surface area contributed by atoms with E-state index in [1.165, 1.54) is 12.1 Å². The van der Waals surface area contributed by atoms with E-state index in [4.69, 9.17) is 0 Å². The van der Waals surface area contributed by atoms with E-state index >= 15 is 0 Å². The van der Waals surface area contributed by atoms with Crippen molar-refractivity contribution < 1.29 is 9.72 Å². The molecular weight excluding hydrogens is 220 g/mol. The summed E-state index contributed by atoms with van der Waals surface area (Å²) >= 11 is 0. The number of hydrogen-bond acceptors (Lipinski definition) is 3. The number of aromatic nitrogens is 1. The molecule has 3 rings (SSSR count). The van der Waals surface area contributed by atoms with Crippen LogP contribution < -0.4 is 0 Å². The SMILES string of the molecule is O=C(c1c[nH]c2cc([N+](=O)[O-])ccc12)C1CC1. The largest absolute Gasteiger partial charge is 0.360 e. The normalized spacial score (nSPS) is 15.1. The van der Waals surface area contributed by atoms with Crippen LogP contribution in [0.2, 0.25) is 0 Å². The molecule has 1 aliphatic rings. The summed E-state index contributed by atoms with van der Waals surface area (Å²) in [6.07, 6.45) is 3.56. The number of rotatable bonds is 3. The van der Waals surface area contributed by atoms with E-state index < -0.39 is 4.92 Å². The monoisotopic (exact) mass is 230 g/mol. The number of benzene rings is 1. The van der Waals surface area contributed by atoms with Crippen molar-refractivity contribution in [2.75, 3.05) is 0 Å². The Morgan fingerprint density at radius 1 is 1.41 bits per heavy atom. The minimum absolute atomic E-state index is 0.0322. The van der Waals surface area contributed by atoms with Crippen molar-refractivity contribution in [2.24, 2.45) is 5.92 Å². The highest BCUT2D eigenvalue weighted by Crippen LogP contribution is 2.35. The average Bonchev–Trinajstić information content (AvgIpc) is 3.07. The Labute approximate surface area is 96.6 Å². The molecule has 1 aromatic carbocycles. The number of carbonyl (C=O) groups excluding carboxylic acids is 1. The van der Waals surface area contributed by atoms with Gasteiger partial charge in [-0.3, -0.25) is 14.9 Å². The van der Waals surface area contributed by atoms with E-state index in [2.05, 4.69) is 4.98 Å². The maximum atomic E-state index is 11.9. The molecule has 5 heteroatoms. The van der Waals surface area contributed by atoms with Crippen LogP contribution in [0.5, 0.6) is 0 Å². The van der Waals surface area contributed by atoms with Crippen molar-refractivity contribution in [3.63, 3.8) is 0 Å². The number of non-ortho nitro benzene ring substituents is 1. The molecule has 0 atom stereocenters. The molecule has 1 N–H and O–H groups in total. The molecule has 5 nitrogen and oxygen atoms in total. The Bertz CT molecular complexity index is 626. The number of nitrogens with one attached hydrogen (secondary N) is 1. The molecule has 1 fully saturated rings. The van der Waals surface area contributed by atoms with Gasteiger partial charge in [0.15, 0.2) is 5.78 Å². The molecule has 0 radical (unpaired) electrons. The standard InChI is InChI=1S/C12H10N2O3/c15-12(7-1-2-7)10-6-13-11-5-8(14(16)17)3-4-9(10)11/h3-7,13H,1-2H2. The van der Waals surface area contributed by atoms with Crippen molar-refractivity contribution in [1.82, 2.24) is 4.98 Å². The Morgan fingerprint density at radius 2 is 2.18 bits per heavy atom. The van der Waals surface area contributed by atoms with Gasteiger partial charge in [0, 0.05) is 35.2 Å². The van der Waals surface area contributed by atoms with E-state index in [1.54, 1.807) is 12.3 Å². The molecule has 0 spiro atoms. The van der Waals surface area contributed by atoms with Crippen molar-refractivity contribution in [1.29, 1.82) is 0 Å². The predicted molar refractivity (Wildman–Crippen MR) is 62.0 cm³/mol. The van der Waals surface area contributed by atoms with Crippen molar-refractivity contribution in [3.8, 4) is 0 Å². The Hall–Kier alpha value is -2.17. The number of nitrogens with zero attached hydrogens (tertiary/aromatic N) is 1. The van der Waals surface area contributed by atoms with Crippen LogP contribution in [0.25, 0.3) is 10.9 Å². The zero-order valence-corrected chi connectivity index (χ0v) is 8.97. The first kappa shape index (κ1) is 10.0. The maximum Gasteiger partial charge on any atom is 0.271 e. The Morgan fingerprint density at radius 3 is 2.82 bits per heavy atom. The second-order valence-corrected chi connectivity index (χ2v) is 4.33. The first-order chi connectivity index (χ1) is 8.16. The van der Waals surface area contributed by atoms with Gasteiger partial charge in [-0.15, -0.1) is 0 Å². The molecule has 86 valence electrons. The smallest absolute Gasteiger partial charge is 0.271 e. The fraction of sp³-hybridized carbons (Fsp3) is 0.250. The third-order valence-electron chi connectivity index (χ3n) is 3.09. The van der Waals surface area contributed by atoms with E-state index in [1.807, 2.05) is 0 Å². The molecule has 2 aromatic rings. The number of carbonyl (C=O) groups is 1. The molecule has 0 bridgehead atoms. The molecule has 17 heavy (non-hydrogen) atoms. The summed E-state index contributed by atoms with van der Waals surface area (Å²) in [7, 11) is 0. The molecule has 0 amide bonds. The zero-order valence-electron chi connectivity index (χ0n) is 8.97. The highest BCUT2D eigenvalue weighted by molar-refractivity contribution is 6.09. The number of ketones is 1. The van der Waals surface area contributed by atoms with Crippen LogP contribution in [-0.2, 0) is 0 Å². The summed E-state index contributed by atoms with van der Waals surface area (Å²) in [6, 6.07) is 4.53. The first-order valence-electron chi connectivity index (χ1n) is 5.46. The van der Waals surface area contributed by atoms with Gasteiger partial charge in [0.2, 0.25) is 0 Å². The molecule has 0 saturated heterocycles. The lowest BCUT2D eigenvalue weighted by molar-refractivity contribution is -0.384. The van der Waals surface area contributed by atoms with Crippen molar-refractivity contribution in [2.45, 2.75) is 12.8 Å². The third-order valence-corrected chi connectivity index (χ3v) is 3.09. The van der Waals surface area contributed by atoms with Crippen LogP contribution in [0.3, 0.4) is 0 Å². The highest BCUT2D eigenvalue weighted by Gasteiger charge is 2.31. The summed E-state index contributed by atoms with van der Waals surface area (Å²) < 4.78 is 0. The number of nitro groups is 1. The summed E-state index contributed by atoms with van der Waals surface area (Å²) in [5.74, 6) is 0.300. The van der Waals surface area contributed by atoms with Gasteiger partial charge in [0.25, 0.3) is 5.69 Å². The minimum atomic E-state index is -0.442. The molecule has 1 heterocycles. The molecule has 1 saturated carbocycles. The Kier molecular flexibility index (Phi) is 2.01. The van der Waals surface area contributed by atoms with Crippen LogP contribution in [0.15, 0.2) is 24.4 Å². The topological polar surface area (TPSA) is 76.0 Å². The van der Waals surface area contributed by atoms with Gasteiger partial charge in [-0.1, -0.05) is 0 Å². The number of fused-ring (bicyclic) bond motifs is 1. The van der Waals surface area contributed by atoms with Gasteiger partial charge >= 0.3 is 0 Å². The molecule has 1 aromatic heterocycles. The summed E-state index contributed by atoms with van der Waals surface area (Å²) in [5, 5.41) is 11.4. The van der Waals surface area contributed by atoms with Gasteiger partial charge in [-0.25, -0.2) is 0 Å². The quantitative estimate of drug-likeness (QED) is 0.500. The van der Waals surface area contributed by atoms with Crippen LogP contribution in [0.4, 0.5) is 5.69 Å². The lowest BCUT2D eigenvalue weighted by Gasteiger charge is -1.96. The second kappa shape index (κ2) is 3.41. The fourth-order valence-corrected chi connectivity index (χ4v) is 2.00. The summed E-state index contributed by atoms with van der Waals surface area (Å²) in [6.45, 7) is 0. The number of nitro benzene ring substituents is 1. The van der Waals surface area contributed by atoms with Gasteiger partial charge in [-0.2, -0.15) is 0 Å². The molecule has 0 unspecified atom stereocenters. The average molecular weight is 230 g/mol.